The standard InChI is InChI=1S/C24H23N5O2S/c1-14(30)16-6-5-7-17(12-16)26-23(31)15(2)32-24-28-27-22(29(24)18-10-11-18)20-13-25-21-9-4-3-8-19(20)21/h3-9,12-13,15,18,25H,10-11H2,1-2H3,(H,26,31)/t15-/m1/s1. The molecule has 0 spiro atoms. The van der Waals surface area contributed by atoms with Crippen molar-refractivity contribution < 1.29 is 9.59 Å². The van der Waals surface area contributed by atoms with Crippen LogP contribution in [0.3, 0.4) is 0 Å². The molecule has 32 heavy (non-hydrogen) atoms. The second-order valence-corrected chi connectivity index (χ2v) is 9.35. The molecular weight excluding hydrogens is 422 g/mol. The number of thioether (sulfide) groups is 1. The number of anilines is 1. The van der Waals surface area contributed by atoms with Crippen LogP contribution in [0.4, 0.5) is 5.69 Å². The number of nitrogens with one attached hydrogen (secondary N) is 2. The van der Waals surface area contributed by atoms with E-state index < -0.39 is 0 Å². The Balaban J connectivity index is 1.38. The zero-order valence-corrected chi connectivity index (χ0v) is 18.6. The molecule has 2 aromatic carbocycles. The number of hydrogen-bond donors (Lipinski definition) is 2. The minimum Gasteiger partial charge on any atom is -0.360 e. The minimum atomic E-state index is -0.381. The summed E-state index contributed by atoms with van der Waals surface area (Å²) < 4.78 is 2.17. The van der Waals surface area contributed by atoms with Gasteiger partial charge in [0.2, 0.25) is 5.91 Å². The Hall–Kier alpha value is -3.39. The molecule has 8 heteroatoms. The Morgan fingerprint density at radius 1 is 1.16 bits per heavy atom. The summed E-state index contributed by atoms with van der Waals surface area (Å²) in [4.78, 5) is 27.7. The van der Waals surface area contributed by atoms with Crippen LogP contribution in [0, 0.1) is 0 Å². The zero-order valence-electron chi connectivity index (χ0n) is 17.8. The number of ketones is 1. The maximum Gasteiger partial charge on any atom is 0.237 e. The summed E-state index contributed by atoms with van der Waals surface area (Å²) in [5.74, 6) is 0.648. The number of carbonyl (C=O) groups excluding carboxylic acids is 2. The van der Waals surface area contributed by atoms with Gasteiger partial charge in [0.05, 0.1) is 5.25 Å². The van der Waals surface area contributed by atoms with E-state index in [4.69, 9.17) is 0 Å². The SMILES string of the molecule is CC(=O)c1cccc(NC(=O)[C@@H](C)Sc2nnc(-c3c[nH]c4ccccc34)n2C2CC2)c1. The first-order chi connectivity index (χ1) is 15.5. The summed E-state index contributed by atoms with van der Waals surface area (Å²) in [7, 11) is 0. The van der Waals surface area contributed by atoms with Crippen LogP contribution in [-0.4, -0.2) is 36.7 Å². The van der Waals surface area contributed by atoms with Crippen molar-refractivity contribution in [1.82, 2.24) is 19.7 Å². The second kappa shape index (κ2) is 8.27. The van der Waals surface area contributed by atoms with Crippen LogP contribution in [0.5, 0.6) is 0 Å². The highest BCUT2D eigenvalue weighted by Crippen LogP contribution is 2.42. The van der Waals surface area contributed by atoms with Crippen LogP contribution in [0.2, 0.25) is 0 Å². The van der Waals surface area contributed by atoms with Gasteiger partial charge in [0.25, 0.3) is 0 Å². The second-order valence-electron chi connectivity index (χ2n) is 8.04. The van der Waals surface area contributed by atoms with Gasteiger partial charge in [-0.15, -0.1) is 10.2 Å². The van der Waals surface area contributed by atoms with Crippen LogP contribution in [-0.2, 0) is 4.79 Å². The van der Waals surface area contributed by atoms with Gasteiger partial charge in [0.15, 0.2) is 16.8 Å². The fourth-order valence-corrected chi connectivity index (χ4v) is 4.65. The number of carbonyl (C=O) groups is 2. The summed E-state index contributed by atoms with van der Waals surface area (Å²) >= 11 is 1.40. The first-order valence-corrected chi connectivity index (χ1v) is 11.5. The number of benzene rings is 2. The van der Waals surface area contributed by atoms with Crippen molar-refractivity contribution in [2.24, 2.45) is 0 Å². The number of rotatable bonds is 7. The fraction of sp³-hybridized carbons (Fsp3) is 0.250. The van der Waals surface area contributed by atoms with Gasteiger partial charge in [-0.05, 0) is 44.9 Å². The maximum absolute atomic E-state index is 12.8. The Bertz CT molecular complexity index is 1320. The number of hydrogen-bond acceptors (Lipinski definition) is 5. The molecule has 1 aliphatic rings. The number of H-pyrrole nitrogens is 1. The molecule has 0 saturated heterocycles. The molecule has 2 N–H and O–H groups in total. The summed E-state index contributed by atoms with van der Waals surface area (Å²) in [6.07, 6.45) is 4.14. The van der Waals surface area contributed by atoms with E-state index in [1.165, 1.54) is 18.7 Å². The number of para-hydroxylation sites is 1. The lowest BCUT2D eigenvalue weighted by atomic mass is 10.1. The Labute approximate surface area is 189 Å². The van der Waals surface area contributed by atoms with E-state index in [2.05, 4.69) is 31.1 Å². The predicted molar refractivity (Wildman–Crippen MR) is 126 cm³/mol. The monoisotopic (exact) mass is 445 g/mol. The van der Waals surface area contributed by atoms with Crippen molar-refractivity contribution in [3.05, 3.63) is 60.3 Å². The minimum absolute atomic E-state index is 0.0362. The number of fused-ring (bicyclic) bond motifs is 1. The first-order valence-electron chi connectivity index (χ1n) is 10.6. The van der Waals surface area contributed by atoms with Gasteiger partial charge >= 0.3 is 0 Å². The highest BCUT2D eigenvalue weighted by Gasteiger charge is 2.32. The summed E-state index contributed by atoms with van der Waals surface area (Å²) in [6.45, 7) is 3.36. The molecule has 4 aromatic rings. The van der Waals surface area contributed by atoms with Crippen molar-refractivity contribution in [3.8, 4) is 11.4 Å². The van der Waals surface area contributed by atoms with E-state index in [9.17, 15) is 9.59 Å². The molecule has 5 rings (SSSR count). The number of Topliss-reactive ketones (excluding diaryl/α,β-unsaturated/α-hetero) is 1. The number of aromatic amines is 1. The molecule has 7 nitrogen and oxygen atoms in total. The topological polar surface area (TPSA) is 92.7 Å². The van der Waals surface area contributed by atoms with Crippen LogP contribution in [0.15, 0.2) is 59.9 Å². The molecule has 2 heterocycles. The first kappa shape index (κ1) is 20.5. The highest BCUT2D eigenvalue weighted by atomic mass is 32.2. The maximum atomic E-state index is 12.8. The molecular formula is C24H23N5O2S. The molecule has 0 radical (unpaired) electrons. The molecule has 1 aliphatic carbocycles. The van der Waals surface area contributed by atoms with E-state index >= 15 is 0 Å². The molecule has 1 fully saturated rings. The van der Waals surface area contributed by atoms with Gasteiger partial charge in [0.1, 0.15) is 0 Å². The van der Waals surface area contributed by atoms with E-state index in [1.807, 2.05) is 31.3 Å². The van der Waals surface area contributed by atoms with Crippen molar-refractivity contribution in [2.75, 3.05) is 5.32 Å². The van der Waals surface area contributed by atoms with Gasteiger partial charge in [-0.25, -0.2) is 0 Å². The summed E-state index contributed by atoms with van der Waals surface area (Å²) in [5.41, 5.74) is 3.26. The quantitative estimate of drug-likeness (QED) is 0.306. The van der Waals surface area contributed by atoms with Gasteiger partial charge in [0, 0.05) is 40.0 Å². The Morgan fingerprint density at radius 3 is 2.75 bits per heavy atom. The molecule has 0 unspecified atom stereocenters. The van der Waals surface area contributed by atoms with Crippen molar-refractivity contribution in [3.63, 3.8) is 0 Å². The lowest BCUT2D eigenvalue weighted by Crippen LogP contribution is -2.23. The van der Waals surface area contributed by atoms with Gasteiger partial charge < -0.3 is 10.3 Å². The van der Waals surface area contributed by atoms with Crippen LogP contribution < -0.4 is 5.32 Å². The van der Waals surface area contributed by atoms with Gasteiger partial charge in [-0.2, -0.15) is 0 Å². The average Bonchev–Trinajstić information content (AvgIpc) is 3.41. The Kier molecular flexibility index (Phi) is 5.30. The number of amides is 1. The lowest BCUT2D eigenvalue weighted by molar-refractivity contribution is -0.115. The van der Waals surface area contributed by atoms with Gasteiger partial charge in [-0.3, -0.25) is 14.2 Å². The smallest absolute Gasteiger partial charge is 0.237 e. The Morgan fingerprint density at radius 2 is 1.97 bits per heavy atom. The van der Waals surface area contributed by atoms with Crippen LogP contribution >= 0.6 is 11.8 Å². The largest absolute Gasteiger partial charge is 0.360 e. The summed E-state index contributed by atoms with van der Waals surface area (Å²) in [6, 6.07) is 15.5. The predicted octanol–water partition coefficient (Wildman–Crippen LogP) is 5.08. The average molecular weight is 446 g/mol. The fourth-order valence-electron chi connectivity index (χ4n) is 3.73. The molecule has 162 valence electrons. The number of aromatic nitrogens is 4. The summed E-state index contributed by atoms with van der Waals surface area (Å²) in [5, 5.41) is 13.3. The molecule has 1 atom stereocenters. The highest BCUT2D eigenvalue weighted by molar-refractivity contribution is 8.00. The van der Waals surface area contributed by atoms with E-state index in [0.29, 0.717) is 17.3 Å². The van der Waals surface area contributed by atoms with Crippen molar-refractivity contribution in [1.29, 1.82) is 0 Å². The third-order valence-electron chi connectivity index (χ3n) is 5.59. The van der Waals surface area contributed by atoms with E-state index in [1.54, 1.807) is 24.3 Å². The van der Waals surface area contributed by atoms with E-state index in [0.717, 1.165) is 40.3 Å². The molecule has 0 bridgehead atoms. The zero-order chi connectivity index (χ0) is 22.2. The van der Waals surface area contributed by atoms with Crippen LogP contribution in [0.25, 0.3) is 22.3 Å². The van der Waals surface area contributed by atoms with E-state index in [-0.39, 0.29) is 16.9 Å². The number of nitrogens with zero attached hydrogens (tertiary/aromatic N) is 3. The lowest BCUT2D eigenvalue weighted by Gasteiger charge is -2.13. The molecule has 0 aliphatic heterocycles. The molecule has 1 saturated carbocycles. The molecule has 1 amide bonds. The van der Waals surface area contributed by atoms with Crippen molar-refractivity contribution >= 4 is 40.0 Å². The molecule has 2 aromatic heterocycles. The normalized spacial score (nSPS) is 14.4. The van der Waals surface area contributed by atoms with Crippen molar-refractivity contribution in [2.45, 2.75) is 43.1 Å². The third kappa shape index (κ3) is 3.93. The van der Waals surface area contributed by atoms with Crippen LogP contribution in [0.1, 0.15) is 43.1 Å². The van der Waals surface area contributed by atoms with Gasteiger partial charge in [-0.1, -0.05) is 42.1 Å². The third-order valence-corrected chi connectivity index (χ3v) is 6.65.